The summed E-state index contributed by atoms with van der Waals surface area (Å²) in [6.07, 6.45) is 5.49. The molecule has 0 aromatic carbocycles. The van der Waals surface area contributed by atoms with Crippen molar-refractivity contribution in [1.82, 2.24) is 20.9 Å². The van der Waals surface area contributed by atoms with Crippen molar-refractivity contribution < 1.29 is 34.5 Å². The van der Waals surface area contributed by atoms with Crippen LogP contribution in [0.25, 0.3) is 12.2 Å². The Kier molecular flexibility index (Phi) is 10.6. The molecule has 0 bridgehead atoms. The van der Waals surface area contributed by atoms with Gasteiger partial charge in [0, 0.05) is 58.3 Å². The van der Waals surface area contributed by atoms with Crippen LogP contribution in [0.5, 0.6) is 0 Å². The zero-order chi connectivity index (χ0) is 34.0. The molecule has 1 aromatic rings. The lowest BCUT2D eigenvalue weighted by atomic mass is 9.91. The van der Waals surface area contributed by atoms with E-state index in [1.807, 2.05) is 39.8 Å². The molecule has 0 aliphatic carbocycles. The molecule has 0 spiro atoms. The lowest BCUT2D eigenvalue weighted by Gasteiger charge is -2.27. The fourth-order valence-electron chi connectivity index (χ4n) is 6.69. The first kappa shape index (κ1) is 34.6. The second-order valence-electron chi connectivity index (χ2n) is 12.2. The number of carboxylic acid groups (broad SMARTS) is 2. The zero-order valence-corrected chi connectivity index (χ0v) is 27.5. The summed E-state index contributed by atoms with van der Waals surface area (Å²) in [6.45, 7) is 9.24. The van der Waals surface area contributed by atoms with Crippen LogP contribution in [0.2, 0.25) is 0 Å². The summed E-state index contributed by atoms with van der Waals surface area (Å²) in [5.74, 6) is -2.76. The second kappa shape index (κ2) is 14.0. The summed E-state index contributed by atoms with van der Waals surface area (Å²) in [5.41, 5.74) is 12.2. The molecule has 0 saturated carbocycles. The normalized spacial score (nSPS) is 26.3. The van der Waals surface area contributed by atoms with E-state index in [0.717, 1.165) is 22.4 Å². The number of aliphatic hydroxyl groups is 1. The van der Waals surface area contributed by atoms with E-state index >= 15 is 0 Å². The number of rotatable bonds is 12. The summed E-state index contributed by atoms with van der Waals surface area (Å²) in [4.78, 5) is 51.6. The lowest BCUT2D eigenvalue weighted by Crippen LogP contribution is -2.49. The van der Waals surface area contributed by atoms with Crippen molar-refractivity contribution in [1.29, 1.82) is 0 Å². The number of hydrogen-bond acceptors (Lipinski definition) is 8. The predicted molar refractivity (Wildman–Crippen MR) is 177 cm³/mol. The number of carbonyl (C=O) groups excluding carboxylic acids is 2. The Balaban J connectivity index is 1.78. The Bertz CT molecular complexity index is 1600. The highest BCUT2D eigenvalue weighted by Crippen LogP contribution is 2.37. The van der Waals surface area contributed by atoms with Gasteiger partial charge in [0.25, 0.3) is 5.91 Å². The number of nitrogens with one attached hydrogen (secondary N) is 4. The monoisotopic (exact) mass is 653 g/mol. The molecular weight excluding hydrogens is 610 g/mol. The lowest BCUT2D eigenvalue weighted by molar-refractivity contribution is -0.138. The molecule has 4 heterocycles. The summed E-state index contributed by atoms with van der Waals surface area (Å²) >= 11 is 4.61. The molecule has 46 heavy (non-hydrogen) atoms. The number of carbonyl (C=O) groups is 4. The van der Waals surface area contributed by atoms with Crippen LogP contribution < -0.4 is 21.7 Å². The molecule has 2 amide bonds. The van der Waals surface area contributed by atoms with Gasteiger partial charge < -0.3 is 42.0 Å². The van der Waals surface area contributed by atoms with Crippen LogP contribution in [0.1, 0.15) is 69.5 Å². The van der Waals surface area contributed by atoms with Gasteiger partial charge in [-0.25, -0.2) is 0 Å². The van der Waals surface area contributed by atoms with Gasteiger partial charge in [0.1, 0.15) is 6.10 Å². The highest BCUT2D eigenvalue weighted by Gasteiger charge is 2.41. The molecule has 1 aromatic heterocycles. The van der Waals surface area contributed by atoms with Crippen LogP contribution in [0, 0.1) is 18.8 Å². The van der Waals surface area contributed by atoms with Crippen LogP contribution in [-0.2, 0) is 25.6 Å². The summed E-state index contributed by atoms with van der Waals surface area (Å²) < 4.78 is 0. The Hall–Kier alpha value is -4.23. The molecule has 9 N–H and O–H groups in total. The molecule has 3 aliphatic heterocycles. The molecule has 0 radical (unpaired) electrons. The number of hydrogen-bond donors (Lipinski definition) is 9. The van der Waals surface area contributed by atoms with Gasteiger partial charge in [-0.05, 0) is 85.9 Å². The van der Waals surface area contributed by atoms with E-state index in [1.54, 1.807) is 6.92 Å². The number of nitrogens with two attached hydrogens (primary N) is 1. The van der Waals surface area contributed by atoms with Gasteiger partial charge in [0.15, 0.2) is 0 Å². The van der Waals surface area contributed by atoms with Crippen molar-refractivity contribution in [2.75, 3.05) is 0 Å². The van der Waals surface area contributed by atoms with Crippen molar-refractivity contribution in [3.8, 4) is 0 Å². The second-order valence-corrected chi connectivity index (χ2v) is 13.0. The van der Waals surface area contributed by atoms with Gasteiger partial charge in [-0.3, -0.25) is 19.2 Å². The summed E-state index contributed by atoms with van der Waals surface area (Å²) in [6, 6.07) is -1.35. The van der Waals surface area contributed by atoms with Crippen LogP contribution in [0.4, 0.5) is 0 Å². The Morgan fingerprint density at radius 1 is 0.978 bits per heavy atom. The summed E-state index contributed by atoms with van der Waals surface area (Å²) in [5, 5.41) is 39.5. The number of aromatic amines is 1. The molecule has 12 nitrogen and oxygen atoms in total. The number of aliphatic hydroxyl groups excluding tert-OH is 1. The Labute approximate surface area is 273 Å². The van der Waals surface area contributed by atoms with Gasteiger partial charge in [-0.2, -0.15) is 12.6 Å². The molecule has 1 saturated heterocycles. The van der Waals surface area contributed by atoms with Crippen LogP contribution in [-0.4, -0.2) is 67.5 Å². The van der Waals surface area contributed by atoms with Crippen LogP contribution in [0.15, 0.2) is 46.0 Å². The minimum atomic E-state index is -1.09. The molecule has 1 unspecified atom stereocenters. The topological polar surface area (TPSA) is 207 Å². The third kappa shape index (κ3) is 6.95. The van der Waals surface area contributed by atoms with Crippen molar-refractivity contribution in [2.24, 2.45) is 17.6 Å². The average molecular weight is 654 g/mol. The first-order valence-corrected chi connectivity index (χ1v) is 15.8. The molecule has 3 aliphatic rings. The third-order valence-corrected chi connectivity index (χ3v) is 9.58. The number of aromatic nitrogens is 1. The molecule has 248 valence electrons. The van der Waals surface area contributed by atoms with Gasteiger partial charge in [-0.15, -0.1) is 0 Å². The third-order valence-electron chi connectivity index (χ3n) is 9.26. The standard InChI is InChI=1S/C33H43N5O7S/c1-14-19(6-8-26(39)40)23(35-22(14)12-25-28(18(5)46)17(4)32(44)37-25)13-24-20(7-9-27(41)42)15(2)29(36-24)31(43)30-16(3)21(10-11-34)33(45)38-30/h10-13,17-18,28-31,35-36,43,46H,6-9,34H2,1-5H3,(H,37,44)(H,38,45)(H,39,40)(H,41,42)/b11-10+,24-13-,25-12-/t17-,18-,28+,29?,30+,31-/m1/s1. The van der Waals surface area contributed by atoms with E-state index in [0.29, 0.717) is 33.8 Å². The fraction of sp³-hybridized carbons (Fsp3) is 0.455. The number of allylic oxidation sites excluding steroid dienone is 2. The maximum absolute atomic E-state index is 12.6. The molecule has 13 heteroatoms. The summed E-state index contributed by atoms with van der Waals surface area (Å²) in [7, 11) is 0. The number of thiol groups is 1. The van der Waals surface area contributed by atoms with E-state index < -0.39 is 30.1 Å². The first-order valence-electron chi connectivity index (χ1n) is 15.3. The van der Waals surface area contributed by atoms with E-state index in [-0.39, 0.29) is 54.6 Å². The molecular formula is C33H43N5O7S. The van der Waals surface area contributed by atoms with Gasteiger partial charge >= 0.3 is 11.9 Å². The van der Waals surface area contributed by atoms with E-state index in [2.05, 4.69) is 33.6 Å². The fourth-order valence-corrected chi connectivity index (χ4v) is 7.11. The van der Waals surface area contributed by atoms with Crippen molar-refractivity contribution in [2.45, 2.75) is 83.7 Å². The minimum absolute atomic E-state index is 0.0899. The SMILES string of the molecule is CC1=C(CCC(=O)O)/C(=C/c2[nH]c(/C=C3\NC(=O)[C@H](C)[C@H]3[C@@H](C)S)c(C)c2CCC(=O)O)NC1[C@@H](O)[C@H]1NC(=O)C(/C=C/N)=C1C. The highest BCUT2D eigenvalue weighted by atomic mass is 32.1. The number of carboxylic acids is 2. The van der Waals surface area contributed by atoms with E-state index in [1.165, 1.54) is 12.3 Å². The van der Waals surface area contributed by atoms with Crippen LogP contribution >= 0.6 is 12.6 Å². The zero-order valence-electron chi connectivity index (χ0n) is 26.6. The predicted octanol–water partition coefficient (Wildman–Crippen LogP) is 2.52. The van der Waals surface area contributed by atoms with Crippen molar-refractivity contribution in [3.63, 3.8) is 0 Å². The first-order chi connectivity index (χ1) is 21.7. The number of amides is 2. The van der Waals surface area contributed by atoms with Gasteiger partial charge in [-0.1, -0.05) is 13.8 Å². The number of H-pyrrole nitrogens is 1. The van der Waals surface area contributed by atoms with E-state index in [9.17, 15) is 34.5 Å². The van der Waals surface area contributed by atoms with Crippen molar-refractivity contribution >= 4 is 48.5 Å². The largest absolute Gasteiger partial charge is 0.481 e. The molecule has 6 atom stereocenters. The number of aliphatic carboxylic acids is 2. The Morgan fingerprint density at radius 3 is 2.22 bits per heavy atom. The van der Waals surface area contributed by atoms with Gasteiger partial charge in [0.05, 0.1) is 12.1 Å². The average Bonchev–Trinajstić information content (AvgIpc) is 3.64. The van der Waals surface area contributed by atoms with Crippen molar-refractivity contribution in [3.05, 3.63) is 68.5 Å². The maximum atomic E-state index is 12.6. The molecule has 1 fully saturated rings. The van der Waals surface area contributed by atoms with Crippen LogP contribution in [0.3, 0.4) is 0 Å². The van der Waals surface area contributed by atoms with E-state index in [4.69, 9.17) is 5.73 Å². The smallest absolute Gasteiger partial charge is 0.303 e. The molecule has 4 rings (SSSR count). The quantitative estimate of drug-likeness (QED) is 0.152. The highest BCUT2D eigenvalue weighted by molar-refractivity contribution is 7.80. The Morgan fingerprint density at radius 2 is 1.61 bits per heavy atom. The minimum Gasteiger partial charge on any atom is -0.481 e. The maximum Gasteiger partial charge on any atom is 0.303 e. The van der Waals surface area contributed by atoms with Gasteiger partial charge in [0.2, 0.25) is 5.91 Å².